The van der Waals surface area contributed by atoms with E-state index in [1.807, 2.05) is 0 Å². The molecule has 4 heterocycles. The third-order valence-corrected chi connectivity index (χ3v) is 6.62. The Hall–Kier alpha value is -4.01. The van der Waals surface area contributed by atoms with Crippen LogP contribution in [0.2, 0.25) is 0 Å². The second-order valence-electron chi connectivity index (χ2n) is 8.74. The summed E-state index contributed by atoms with van der Waals surface area (Å²) < 4.78 is 28.1. The van der Waals surface area contributed by atoms with Crippen LogP contribution in [0.1, 0.15) is 10.4 Å². The first kappa shape index (κ1) is 20.6. The zero-order valence-electron chi connectivity index (χ0n) is 18.1. The predicted octanol–water partition coefficient (Wildman–Crippen LogP) is 3.57. The first-order chi connectivity index (χ1) is 16.6. The fraction of sp³-hybridized carbons (Fsp3) is 0.240. The van der Waals surface area contributed by atoms with Crippen molar-refractivity contribution in [2.45, 2.75) is 0 Å². The highest BCUT2D eigenvalue weighted by atomic mass is 19.1. The molecule has 2 aromatic heterocycles. The molecule has 0 spiro atoms. The Balaban J connectivity index is 1.20. The van der Waals surface area contributed by atoms with Crippen LogP contribution >= 0.6 is 0 Å². The number of fused-ring (bicyclic) bond motifs is 2. The first-order valence-corrected chi connectivity index (χ1v) is 11.1. The van der Waals surface area contributed by atoms with Crippen molar-refractivity contribution in [2.24, 2.45) is 11.8 Å². The molecule has 0 aliphatic carbocycles. The maximum atomic E-state index is 14.7. The molecule has 6 rings (SSSR count). The van der Waals surface area contributed by atoms with E-state index in [0.29, 0.717) is 29.9 Å². The number of carbonyl (C=O) groups is 1. The lowest BCUT2D eigenvalue weighted by Crippen LogP contribution is -2.34. The lowest BCUT2D eigenvalue weighted by molar-refractivity contribution is 0.0783. The fourth-order valence-corrected chi connectivity index (χ4v) is 5.00. The van der Waals surface area contributed by atoms with E-state index in [0.717, 1.165) is 13.1 Å². The van der Waals surface area contributed by atoms with E-state index in [4.69, 9.17) is 0 Å². The van der Waals surface area contributed by atoms with E-state index in [1.165, 1.54) is 36.7 Å². The third kappa shape index (κ3) is 3.53. The van der Waals surface area contributed by atoms with Crippen LogP contribution in [0.15, 0.2) is 61.1 Å². The van der Waals surface area contributed by atoms with Gasteiger partial charge in [-0.15, -0.1) is 0 Å². The van der Waals surface area contributed by atoms with E-state index in [1.54, 1.807) is 29.3 Å². The van der Waals surface area contributed by atoms with E-state index >= 15 is 0 Å². The quantitative estimate of drug-likeness (QED) is 0.467. The standard InChI is InChI=1S/C25H20F2N6O/c26-18-5-6-21-15(9-18)10-30-25(31-21)33-13-16-11-32(12-17(16)14-33)24(34)19-3-1-4-20(27)22(19)23-28-7-2-8-29-23/h1-10,16-17H,11-14H2. The fourth-order valence-electron chi connectivity index (χ4n) is 5.00. The minimum Gasteiger partial charge on any atom is -0.340 e. The number of carbonyl (C=O) groups excluding carboxylic acids is 1. The zero-order chi connectivity index (χ0) is 23.2. The molecular weight excluding hydrogens is 438 g/mol. The second kappa shape index (κ2) is 8.09. The molecule has 0 bridgehead atoms. The van der Waals surface area contributed by atoms with Crippen molar-refractivity contribution >= 4 is 22.8 Å². The molecule has 2 fully saturated rings. The van der Waals surface area contributed by atoms with Crippen LogP contribution in [0.4, 0.5) is 14.7 Å². The Bertz CT molecular complexity index is 1390. The summed E-state index contributed by atoms with van der Waals surface area (Å²) in [6.07, 6.45) is 4.70. The van der Waals surface area contributed by atoms with Gasteiger partial charge in [0.15, 0.2) is 5.82 Å². The number of benzene rings is 2. The third-order valence-electron chi connectivity index (χ3n) is 6.62. The molecule has 4 aromatic rings. The number of anilines is 1. The molecule has 2 aliphatic rings. The van der Waals surface area contributed by atoms with Gasteiger partial charge in [0, 0.05) is 62.0 Å². The maximum absolute atomic E-state index is 14.7. The van der Waals surface area contributed by atoms with E-state index in [2.05, 4.69) is 24.8 Å². The zero-order valence-corrected chi connectivity index (χ0v) is 18.1. The SMILES string of the molecule is O=C(c1cccc(F)c1-c1ncccn1)N1CC2CN(c3ncc4cc(F)ccc4n3)CC2C1. The molecule has 2 saturated heterocycles. The van der Waals surface area contributed by atoms with Crippen LogP contribution in [0.3, 0.4) is 0 Å². The van der Waals surface area contributed by atoms with Crippen molar-refractivity contribution in [1.82, 2.24) is 24.8 Å². The number of hydrogen-bond acceptors (Lipinski definition) is 6. The topological polar surface area (TPSA) is 75.1 Å². The number of amides is 1. The van der Waals surface area contributed by atoms with Crippen molar-refractivity contribution in [3.05, 3.63) is 78.3 Å². The van der Waals surface area contributed by atoms with Gasteiger partial charge in [0.05, 0.1) is 16.6 Å². The monoisotopic (exact) mass is 458 g/mol. The van der Waals surface area contributed by atoms with Gasteiger partial charge in [0.1, 0.15) is 11.6 Å². The first-order valence-electron chi connectivity index (χ1n) is 11.1. The van der Waals surface area contributed by atoms with E-state index in [9.17, 15) is 13.6 Å². The Morgan fingerprint density at radius 2 is 1.68 bits per heavy atom. The summed E-state index contributed by atoms with van der Waals surface area (Å²) in [6.45, 7) is 2.59. The average Bonchev–Trinajstić information content (AvgIpc) is 3.43. The van der Waals surface area contributed by atoms with Gasteiger partial charge in [-0.3, -0.25) is 4.79 Å². The predicted molar refractivity (Wildman–Crippen MR) is 122 cm³/mol. The van der Waals surface area contributed by atoms with Crippen LogP contribution in [0.5, 0.6) is 0 Å². The molecule has 2 aliphatic heterocycles. The average molecular weight is 458 g/mol. The van der Waals surface area contributed by atoms with Crippen molar-refractivity contribution in [2.75, 3.05) is 31.1 Å². The summed E-state index contributed by atoms with van der Waals surface area (Å²) in [5.74, 6) is 0.290. The maximum Gasteiger partial charge on any atom is 0.254 e. The molecule has 0 saturated carbocycles. The van der Waals surface area contributed by atoms with Gasteiger partial charge >= 0.3 is 0 Å². The summed E-state index contributed by atoms with van der Waals surface area (Å²) in [5, 5.41) is 0.660. The van der Waals surface area contributed by atoms with Gasteiger partial charge in [-0.1, -0.05) is 6.07 Å². The minimum atomic E-state index is -0.518. The normalized spacial score (nSPS) is 19.6. The number of hydrogen-bond donors (Lipinski definition) is 0. The largest absolute Gasteiger partial charge is 0.340 e. The Morgan fingerprint density at radius 3 is 2.44 bits per heavy atom. The molecule has 170 valence electrons. The molecule has 0 N–H and O–H groups in total. The van der Waals surface area contributed by atoms with Gasteiger partial charge in [-0.2, -0.15) is 0 Å². The number of nitrogens with zero attached hydrogens (tertiary/aromatic N) is 6. The minimum absolute atomic E-state index is 0.132. The number of halogens is 2. The molecule has 34 heavy (non-hydrogen) atoms. The Morgan fingerprint density at radius 1 is 0.912 bits per heavy atom. The number of aromatic nitrogens is 4. The van der Waals surface area contributed by atoms with Crippen LogP contribution in [-0.4, -0.2) is 56.9 Å². The van der Waals surface area contributed by atoms with Crippen molar-refractivity contribution in [1.29, 1.82) is 0 Å². The summed E-state index contributed by atoms with van der Waals surface area (Å²) >= 11 is 0. The molecule has 9 heteroatoms. The smallest absolute Gasteiger partial charge is 0.254 e. The van der Waals surface area contributed by atoms with Gasteiger partial charge in [0.2, 0.25) is 5.95 Å². The molecular formula is C25H20F2N6O. The van der Waals surface area contributed by atoms with Crippen molar-refractivity contribution < 1.29 is 13.6 Å². The van der Waals surface area contributed by atoms with Gasteiger partial charge < -0.3 is 9.80 Å². The summed E-state index contributed by atoms with van der Waals surface area (Å²) in [5.41, 5.74) is 1.10. The summed E-state index contributed by atoms with van der Waals surface area (Å²) in [6, 6.07) is 10.6. The summed E-state index contributed by atoms with van der Waals surface area (Å²) in [4.78, 5) is 34.6. The molecule has 2 aromatic carbocycles. The van der Waals surface area contributed by atoms with Crippen LogP contribution in [0, 0.1) is 23.5 Å². The number of rotatable bonds is 3. The molecule has 1 amide bonds. The molecule has 2 unspecified atom stereocenters. The van der Waals surface area contributed by atoms with Gasteiger partial charge in [-0.05, 0) is 36.4 Å². The molecule has 7 nitrogen and oxygen atoms in total. The lowest BCUT2D eigenvalue weighted by atomic mass is 10.0. The highest BCUT2D eigenvalue weighted by Gasteiger charge is 2.43. The number of likely N-dealkylation sites (tertiary alicyclic amines) is 1. The highest BCUT2D eigenvalue weighted by Crippen LogP contribution is 2.35. The van der Waals surface area contributed by atoms with Crippen molar-refractivity contribution in [3.63, 3.8) is 0 Å². The van der Waals surface area contributed by atoms with Crippen LogP contribution in [-0.2, 0) is 0 Å². The molecule has 0 radical (unpaired) electrons. The van der Waals surface area contributed by atoms with Gasteiger partial charge in [-0.25, -0.2) is 28.7 Å². The van der Waals surface area contributed by atoms with Crippen LogP contribution < -0.4 is 4.90 Å². The lowest BCUT2D eigenvalue weighted by Gasteiger charge is -2.22. The highest BCUT2D eigenvalue weighted by molar-refractivity contribution is 6.00. The molecule has 2 atom stereocenters. The van der Waals surface area contributed by atoms with Gasteiger partial charge in [0.25, 0.3) is 5.91 Å². The van der Waals surface area contributed by atoms with Crippen molar-refractivity contribution in [3.8, 4) is 11.4 Å². The van der Waals surface area contributed by atoms with E-state index < -0.39 is 5.82 Å². The summed E-state index contributed by atoms with van der Waals surface area (Å²) in [7, 11) is 0. The Kier molecular flexibility index (Phi) is 4.90. The van der Waals surface area contributed by atoms with E-state index in [-0.39, 0.29) is 40.5 Å². The second-order valence-corrected chi connectivity index (χ2v) is 8.74. The van der Waals surface area contributed by atoms with Crippen LogP contribution in [0.25, 0.3) is 22.3 Å². The Labute approximate surface area is 194 Å².